The second-order valence-electron chi connectivity index (χ2n) is 1.75. The predicted molar refractivity (Wildman–Crippen MR) is 37.1 cm³/mol. The van der Waals surface area contributed by atoms with Crippen LogP contribution < -0.4 is 4.74 Å². The summed E-state index contributed by atoms with van der Waals surface area (Å²) in [6.07, 6.45) is 0. The third-order valence-electron chi connectivity index (χ3n) is 1.16. The van der Waals surface area contributed by atoms with Crippen molar-refractivity contribution in [1.82, 2.24) is 0 Å². The molecule has 0 spiro atoms. The van der Waals surface area contributed by atoms with Gasteiger partial charge in [-0.1, -0.05) is 12.1 Å². The summed E-state index contributed by atoms with van der Waals surface area (Å²) in [5, 5.41) is 8.49. The first kappa shape index (κ1) is 10.0. The van der Waals surface area contributed by atoms with Gasteiger partial charge in [-0.15, -0.1) is 0 Å². The van der Waals surface area contributed by atoms with Crippen molar-refractivity contribution in [1.29, 1.82) is 5.26 Å². The quantitative estimate of drug-likeness (QED) is 0.633. The second-order valence-corrected chi connectivity index (χ2v) is 1.75. The zero-order valence-corrected chi connectivity index (χ0v) is 6.75. The van der Waals surface area contributed by atoms with Crippen molar-refractivity contribution in [3.05, 3.63) is 36.9 Å². The Labute approximate surface area is 76.0 Å². The number of para-hydroxylation sites is 1. The fraction of sp³-hybridized carbons (Fsp3) is 0. The van der Waals surface area contributed by atoms with Gasteiger partial charge in [-0.25, -0.2) is 0 Å². The molecule has 0 bridgehead atoms. The van der Waals surface area contributed by atoms with Gasteiger partial charge in [-0.3, -0.25) is 0 Å². The monoisotopic (exact) mass is 191 g/mol. The molecule has 59 valence electrons. The van der Waals surface area contributed by atoms with E-state index < -0.39 is 0 Å². The van der Waals surface area contributed by atoms with E-state index in [2.05, 4.69) is 11.8 Å². The van der Waals surface area contributed by atoms with Gasteiger partial charge in [0, 0.05) is 16.8 Å². The van der Waals surface area contributed by atoms with Crippen LogP contribution in [-0.2, 0) is 16.8 Å². The zero-order chi connectivity index (χ0) is 7.40. The molecule has 0 aliphatic carbocycles. The smallest absolute Gasteiger partial charge is 0.103 e. The maximum atomic E-state index is 8.49. The van der Waals surface area contributed by atoms with Gasteiger partial charge in [-0.2, -0.15) is 12.4 Å². The fourth-order valence-corrected chi connectivity index (χ4v) is 0.685. The Kier molecular flexibility index (Phi) is 4.35. The minimum absolute atomic E-state index is 0. The molecule has 0 unspecified atom stereocenters. The van der Waals surface area contributed by atoms with Gasteiger partial charge >= 0.3 is 0 Å². The molecule has 0 aliphatic rings. The fourth-order valence-electron chi connectivity index (χ4n) is 0.685. The average Bonchev–Trinajstić information content (AvgIpc) is 2.04. The molecule has 3 heteroatoms. The molecule has 1 radical (unpaired) electrons. The van der Waals surface area contributed by atoms with Crippen molar-refractivity contribution in [2.45, 2.75) is 0 Å². The molecule has 1 aromatic carbocycles. The van der Waals surface area contributed by atoms with Crippen molar-refractivity contribution in [2.24, 2.45) is 0 Å². The van der Waals surface area contributed by atoms with E-state index in [0.717, 1.165) is 0 Å². The summed E-state index contributed by atoms with van der Waals surface area (Å²) in [4.78, 5) is 0. The van der Waals surface area contributed by atoms with Crippen molar-refractivity contribution < 1.29 is 21.5 Å². The van der Waals surface area contributed by atoms with Crippen LogP contribution in [0.4, 0.5) is 0 Å². The van der Waals surface area contributed by atoms with E-state index in [4.69, 9.17) is 5.26 Å². The van der Waals surface area contributed by atoms with Crippen LogP contribution in [0, 0.1) is 18.4 Å². The topological polar surface area (TPSA) is 33.0 Å². The molecule has 0 saturated carbocycles. The van der Waals surface area contributed by atoms with Gasteiger partial charge in [-0.05, 0) is 12.1 Å². The van der Waals surface area contributed by atoms with Crippen LogP contribution in [0.15, 0.2) is 24.3 Å². The maximum Gasteiger partial charge on any atom is 0.103 e. The van der Waals surface area contributed by atoms with Gasteiger partial charge in [0.1, 0.15) is 11.8 Å². The van der Waals surface area contributed by atoms with Crippen LogP contribution in [0.2, 0.25) is 0 Å². The third-order valence-corrected chi connectivity index (χ3v) is 1.16. The van der Waals surface area contributed by atoms with Crippen LogP contribution in [0.25, 0.3) is 0 Å². The molecule has 1 rings (SSSR count). The van der Waals surface area contributed by atoms with Crippen LogP contribution >= 0.6 is 0 Å². The molecule has 0 aliphatic heterocycles. The molecule has 11 heavy (non-hydrogen) atoms. The molecule has 0 fully saturated rings. The first-order valence-electron chi connectivity index (χ1n) is 2.79. The maximum absolute atomic E-state index is 8.49. The van der Waals surface area contributed by atoms with Gasteiger partial charge < -0.3 is 4.74 Å². The summed E-state index contributed by atoms with van der Waals surface area (Å²) < 4.78 is 4.66. The van der Waals surface area contributed by atoms with Crippen LogP contribution in [-0.4, -0.2) is 0 Å². The number of hydrogen-bond donors (Lipinski definition) is 0. The Morgan fingerprint density at radius 2 is 2.00 bits per heavy atom. The largest absolute Gasteiger partial charge is 0.665 e. The predicted octanol–water partition coefficient (Wildman–Crippen LogP) is 1.73. The van der Waals surface area contributed by atoms with Crippen molar-refractivity contribution in [3.8, 4) is 11.8 Å². The standard InChI is InChI=1S/C8H6NO.Co/c1-10-8-5-3-2-4-7(8)6-9;/h2-5H,1H2;/q-1;. The third kappa shape index (κ3) is 2.26. The number of nitriles is 1. The second kappa shape index (κ2) is 4.77. The van der Waals surface area contributed by atoms with Gasteiger partial charge in [0.15, 0.2) is 0 Å². The molecule has 0 amide bonds. The molecular weight excluding hydrogens is 185 g/mol. The number of benzene rings is 1. The Morgan fingerprint density at radius 3 is 2.45 bits per heavy atom. The van der Waals surface area contributed by atoms with Crippen LogP contribution in [0.5, 0.6) is 5.75 Å². The number of nitrogens with zero attached hydrogens (tertiary/aromatic N) is 1. The zero-order valence-electron chi connectivity index (χ0n) is 5.71. The summed E-state index contributed by atoms with van der Waals surface area (Å²) >= 11 is 0. The van der Waals surface area contributed by atoms with E-state index in [0.29, 0.717) is 11.3 Å². The van der Waals surface area contributed by atoms with Gasteiger partial charge in [0.05, 0.1) is 5.56 Å². The van der Waals surface area contributed by atoms with E-state index in [-0.39, 0.29) is 16.8 Å². The minimum atomic E-state index is 0. The molecule has 0 atom stereocenters. The Bertz CT molecular complexity index is 267. The molecular formula is C8H6CoNO-. The summed E-state index contributed by atoms with van der Waals surface area (Å²) in [6.45, 7) is 0. The molecule has 1 aromatic rings. The Hall–Kier alpha value is -0.984. The van der Waals surface area contributed by atoms with Crippen LogP contribution in [0.1, 0.15) is 5.56 Å². The van der Waals surface area contributed by atoms with Crippen molar-refractivity contribution in [3.63, 3.8) is 0 Å². The van der Waals surface area contributed by atoms with E-state index >= 15 is 0 Å². The van der Waals surface area contributed by atoms with Gasteiger partial charge in [0.25, 0.3) is 0 Å². The minimum Gasteiger partial charge on any atom is -0.665 e. The van der Waals surface area contributed by atoms with E-state index in [9.17, 15) is 0 Å². The molecule has 2 nitrogen and oxygen atoms in total. The van der Waals surface area contributed by atoms with Crippen molar-refractivity contribution in [2.75, 3.05) is 0 Å². The molecule has 0 heterocycles. The molecule has 0 saturated heterocycles. The Morgan fingerprint density at radius 1 is 1.36 bits per heavy atom. The van der Waals surface area contributed by atoms with Crippen LogP contribution in [0.3, 0.4) is 0 Å². The van der Waals surface area contributed by atoms with E-state index in [1.54, 1.807) is 24.3 Å². The molecule has 0 N–H and O–H groups in total. The summed E-state index contributed by atoms with van der Waals surface area (Å²) in [5.74, 6) is 0.519. The SMILES string of the molecule is [CH2-]Oc1ccccc1C#N.[Co]. The normalized spacial score (nSPS) is 7.64. The van der Waals surface area contributed by atoms with E-state index in [1.807, 2.05) is 6.07 Å². The first-order chi connectivity index (χ1) is 4.88. The average molecular weight is 191 g/mol. The first-order valence-corrected chi connectivity index (χ1v) is 2.79. The number of ether oxygens (including phenoxy) is 1. The number of rotatable bonds is 1. The summed E-state index contributed by atoms with van der Waals surface area (Å²) in [7, 11) is 3.21. The summed E-state index contributed by atoms with van der Waals surface area (Å²) in [6, 6.07) is 8.93. The van der Waals surface area contributed by atoms with Gasteiger partial charge in [0.2, 0.25) is 0 Å². The number of hydrogen-bond acceptors (Lipinski definition) is 2. The van der Waals surface area contributed by atoms with E-state index in [1.165, 1.54) is 0 Å². The summed E-state index contributed by atoms with van der Waals surface area (Å²) in [5.41, 5.74) is 0.512. The van der Waals surface area contributed by atoms with Crippen molar-refractivity contribution >= 4 is 0 Å². The molecule has 0 aromatic heterocycles. The Balaban J connectivity index is 0.000001000.